The number of aryl methyl sites for hydroxylation is 2. The molecule has 3 nitrogen and oxygen atoms in total. The molecule has 1 aliphatic rings. The van der Waals surface area contributed by atoms with E-state index in [1.165, 1.54) is 0 Å². The predicted molar refractivity (Wildman–Crippen MR) is 70.2 cm³/mol. The molecule has 0 heterocycles. The third-order valence-corrected chi connectivity index (χ3v) is 4.01. The maximum atomic E-state index is 11.8. The van der Waals surface area contributed by atoms with Gasteiger partial charge in [0.15, 0.2) is 0 Å². The average Bonchev–Trinajstić information content (AvgIpc) is 2.78. The molecule has 3 heteroatoms. The number of carbonyl (C=O) groups is 1. The summed E-state index contributed by atoms with van der Waals surface area (Å²) in [6.07, 6.45) is 3.37. The molecule has 0 bridgehead atoms. The van der Waals surface area contributed by atoms with Gasteiger partial charge in [-0.1, -0.05) is 30.5 Å². The Morgan fingerprint density at radius 2 is 1.89 bits per heavy atom. The molecule has 0 atom stereocenters. The summed E-state index contributed by atoms with van der Waals surface area (Å²) in [7, 11) is 1.62. The molecule has 0 aromatic heterocycles. The molecule has 0 unspecified atom stereocenters. The van der Waals surface area contributed by atoms with Crippen LogP contribution in [0, 0.1) is 13.8 Å². The monoisotopic (exact) mass is 248 g/mol. The van der Waals surface area contributed by atoms with Crippen LogP contribution in [0.15, 0.2) is 12.1 Å². The van der Waals surface area contributed by atoms with Crippen LogP contribution in [0.4, 0.5) is 0 Å². The lowest BCUT2D eigenvalue weighted by atomic mass is 9.77. The molecule has 1 N–H and O–H groups in total. The van der Waals surface area contributed by atoms with Crippen molar-refractivity contribution in [2.75, 3.05) is 7.11 Å². The molecule has 0 aliphatic heterocycles. The number of carboxylic acids is 1. The van der Waals surface area contributed by atoms with Crippen molar-refractivity contribution in [1.29, 1.82) is 0 Å². The highest BCUT2D eigenvalue weighted by Gasteiger charge is 2.45. The zero-order valence-corrected chi connectivity index (χ0v) is 11.2. The van der Waals surface area contributed by atoms with Gasteiger partial charge in [-0.3, -0.25) is 4.79 Å². The lowest BCUT2D eigenvalue weighted by Crippen LogP contribution is -2.33. The van der Waals surface area contributed by atoms with Crippen molar-refractivity contribution in [2.24, 2.45) is 0 Å². The molecule has 1 saturated carbocycles. The van der Waals surface area contributed by atoms with Crippen LogP contribution in [0.2, 0.25) is 0 Å². The van der Waals surface area contributed by atoms with E-state index in [1.807, 2.05) is 26.0 Å². The van der Waals surface area contributed by atoms with E-state index in [4.69, 9.17) is 4.74 Å². The second kappa shape index (κ2) is 4.63. The number of aliphatic carboxylic acids is 1. The molecule has 1 aromatic carbocycles. The Morgan fingerprint density at radius 3 is 2.39 bits per heavy atom. The lowest BCUT2D eigenvalue weighted by molar-refractivity contribution is -0.143. The van der Waals surface area contributed by atoms with Crippen LogP contribution in [0.3, 0.4) is 0 Å². The van der Waals surface area contributed by atoms with E-state index in [-0.39, 0.29) is 0 Å². The molecular formula is C15H20O3. The summed E-state index contributed by atoms with van der Waals surface area (Å²) in [6.45, 7) is 3.97. The minimum atomic E-state index is -0.748. The molecule has 1 aliphatic carbocycles. The Balaban J connectivity index is 2.64. The number of carboxylic acid groups (broad SMARTS) is 1. The standard InChI is InChI=1S/C15H20O3/c1-10-8-11(2)13(18-3)12(9-10)15(14(16)17)6-4-5-7-15/h8-9H,4-7H2,1-3H3,(H,16,17). The van der Waals surface area contributed by atoms with Gasteiger partial charge >= 0.3 is 5.97 Å². The predicted octanol–water partition coefficient (Wildman–Crippen LogP) is 3.21. The normalized spacial score (nSPS) is 17.7. The third-order valence-electron chi connectivity index (χ3n) is 4.01. The van der Waals surface area contributed by atoms with E-state index in [0.29, 0.717) is 12.8 Å². The Hall–Kier alpha value is -1.51. The molecule has 0 spiro atoms. The van der Waals surface area contributed by atoms with Crippen LogP contribution in [-0.2, 0) is 10.2 Å². The maximum Gasteiger partial charge on any atom is 0.314 e. The van der Waals surface area contributed by atoms with Gasteiger partial charge in [-0.05, 0) is 32.3 Å². The fourth-order valence-electron chi connectivity index (χ4n) is 3.16. The number of rotatable bonds is 3. The molecule has 1 aromatic rings. The van der Waals surface area contributed by atoms with Crippen LogP contribution in [0.1, 0.15) is 42.4 Å². The topological polar surface area (TPSA) is 46.5 Å². The van der Waals surface area contributed by atoms with E-state index < -0.39 is 11.4 Å². The van der Waals surface area contributed by atoms with E-state index in [9.17, 15) is 9.90 Å². The third kappa shape index (κ3) is 1.88. The van der Waals surface area contributed by atoms with Crippen LogP contribution in [0.25, 0.3) is 0 Å². The van der Waals surface area contributed by atoms with Crippen molar-refractivity contribution in [2.45, 2.75) is 44.9 Å². The second-order valence-corrected chi connectivity index (χ2v) is 5.26. The fraction of sp³-hybridized carbons (Fsp3) is 0.533. The minimum absolute atomic E-state index is 0.710. The van der Waals surface area contributed by atoms with Crippen molar-refractivity contribution >= 4 is 5.97 Å². The summed E-state index contributed by atoms with van der Waals surface area (Å²) in [4.78, 5) is 11.8. The highest BCUT2D eigenvalue weighted by Crippen LogP contribution is 2.46. The number of benzene rings is 1. The van der Waals surface area contributed by atoms with Crippen molar-refractivity contribution in [3.63, 3.8) is 0 Å². The Kier molecular flexibility index (Phi) is 3.33. The van der Waals surface area contributed by atoms with Crippen molar-refractivity contribution in [3.8, 4) is 5.75 Å². The van der Waals surface area contributed by atoms with Crippen LogP contribution < -0.4 is 4.74 Å². The molecular weight excluding hydrogens is 228 g/mol. The van der Waals surface area contributed by atoms with Gasteiger partial charge in [0.25, 0.3) is 0 Å². The summed E-state index contributed by atoms with van der Waals surface area (Å²) < 4.78 is 5.46. The first-order chi connectivity index (χ1) is 8.51. The molecule has 0 amide bonds. The summed E-state index contributed by atoms with van der Waals surface area (Å²) in [5.41, 5.74) is 2.21. The van der Waals surface area contributed by atoms with Crippen molar-refractivity contribution < 1.29 is 14.6 Å². The zero-order chi connectivity index (χ0) is 13.3. The zero-order valence-electron chi connectivity index (χ0n) is 11.2. The first-order valence-electron chi connectivity index (χ1n) is 6.40. The number of hydrogen-bond acceptors (Lipinski definition) is 2. The number of hydrogen-bond donors (Lipinski definition) is 1. The Bertz CT molecular complexity index is 471. The Morgan fingerprint density at radius 1 is 1.28 bits per heavy atom. The van der Waals surface area contributed by atoms with E-state index in [2.05, 4.69) is 0 Å². The maximum absolute atomic E-state index is 11.8. The second-order valence-electron chi connectivity index (χ2n) is 5.26. The van der Waals surface area contributed by atoms with Crippen LogP contribution >= 0.6 is 0 Å². The summed E-state index contributed by atoms with van der Waals surface area (Å²) in [5, 5.41) is 9.66. The van der Waals surface area contributed by atoms with Gasteiger partial charge in [0.1, 0.15) is 5.75 Å². The van der Waals surface area contributed by atoms with Gasteiger partial charge in [0.05, 0.1) is 12.5 Å². The lowest BCUT2D eigenvalue weighted by Gasteiger charge is -2.27. The quantitative estimate of drug-likeness (QED) is 0.893. The molecule has 2 rings (SSSR count). The van der Waals surface area contributed by atoms with Crippen LogP contribution in [0.5, 0.6) is 5.75 Å². The van der Waals surface area contributed by atoms with Gasteiger partial charge in [0, 0.05) is 5.56 Å². The van der Waals surface area contributed by atoms with E-state index in [1.54, 1.807) is 7.11 Å². The number of methoxy groups -OCH3 is 1. The summed E-state index contributed by atoms with van der Waals surface area (Å²) in [6, 6.07) is 4.01. The average molecular weight is 248 g/mol. The minimum Gasteiger partial charge on any atom is -0.496 e. The van der Waals surface area contributed by atoms with E-state index in [0.717, 1.165) is 35.3 Å². The molecule has 0 saturated heterocycles. The highest BCUT2D eigenvalue weighted by molar-refractivity contribution is 5.83. The van der Waals surface area contributed by atoms with Gasteiger partial charge < -0.3 is 9.84 Å². The first kappa shape index (κ1) is 12.9. The Labute approximate surface area is 108 Å². The van der Waals surface area contributed by atoms with E-state index >= 15 is 0 Å². The molecule has 0 radical (unpaired) electrons. The van der Waals surface area contributed by atoms with Crippen molar-refractivity contribution in [3.05, 3.63) is 28.8 Å². The fourth-order valence-corrected chi connectivity index (χ4v) is 3.16. The largest absolute Gasteiger partial charge is 0.496 e. The first-order valence-corrected chi connectivity index (χ1v) is 6.40. The smallest absolute Gasteiger partial charge is 0.314 e. The molecule has 1 fully saturated rings. The van der Waals surface area contributed by atoms with Gasteiger partial charge in [0.2, 0.25) is 0 Å². The molecule has 18 heavy (non-hydrogen) atoms. The summed E-state index contributed by atoms with van der Waals surface area (Å²) >= 11 is 0. The summed E-state index contributed by atoms with van der Waals surface area (Å²) in [5.74, 6) is 0.0215. The van der Waals surface area contributed by atoms with Gasteiger partial charge in [-0.25, -0.2) is 0 Å². The number of ether oxygens (including phenoxy) is 1. The highest BCUT2D eigenvalue weighted by atomic mass is 16.5. The van der Waals surface area contributed by atoms with Gasteiger partial charge in [-0.2, -0.15) is 0 Å². The van der Waals surface area contributed by atoms with Crippen LogP contribution in [-0.4, -0.2) is 18.2 Å². The van der Waals surface area contributed by atoms with Crippen molar-refractivity contribution in [1.82, 2.24) is 0 Å². The SMILES string of the molecule is COc1c(C)cc(C)cc1C1(C(=O)O)CCCC1. The molecule has 98 valence electrons. The van der Waals surface area contributed by atoms with Gasteiger partial charge in [-0.15, -0.1) is 0 Å².